The number of amides is 2. The number of carbonyl (C=O) groups is 2. The maximum absolute atomic E-state index is 12.3. The maximum atomic E-state index is 12.3. The van der Waals surface area contributed by atoms with Crippen LogP contribution >= 0.6 is 11.8 Å². The second-order valence-electron chi connectivity index (χ2n) is 6.01. The number of rotatable bonds is 5. The lowest BCUT2D eigenvalue weighted by molar-refractivity contribution is -0.116. The molecular weight excluding hydrogens is 362 g/mol. The van der Waals surface area contributed by atoms with E-state index in [0.29, 0.717) is 24.6 Å². The molecule has 136 valence electrons. The van der Waals surface area contributed by atoms with Crippen molar-refractivity contribution in [1.82, 2.24) is 10.3 Å². The van der Waals surface area contributed by atoms with Crippen LogP contribution in [0.5, 0.6) is 0 Å². The average Bonchev–Trinajstić information content (AvgIpc) is 3.18. The number of para-hydroxylation sites is 1. The zero-order chi connectivity index (χ0) is 18.6. The predicted octanol–water partition coefficient (Wildman–Crippen LogP) is 3.24. The molecule has 0 fully saturated rings. The second-order valence-corrected chi connectivity index (χ2v) is 7.02. The summed E-state index contributed by atoms with van der Waals surface area (Å²) in [6.07, 6.45) is 1.68. The first-order valence-corrected chi connectivity index (χ1v) is 9.48. The van der Waals surface area contributed by atoms with Crippen LogP contribution in [-0.2, 0) is 17.9 Å². The minimum atomic E-state index is -0.312. The molecule has 27 heavy (non-hydrogen) atoms. The zero-order valence-electron chi connectivity index (χ0n) is 14.4. The molecule has 1 aromatic carbocycles. The van der Waals surface area contributed by atoms with Gasteiger partial charge in [-0.15, -0.1) is 11.8 Å². The van der Waals surface area contributed by atoms with Crippen molar-refractivity contribution in [3.8, 4) is 0 Å². The Morgan fingerprint density at radius 2 is 2.00 bits per heavy atom. The molecule has 3 aromatic rings. The molecule has 4 rings (SSSR count). The summed E-state index contributed by atoms with van der Waals surface area (Å²) in [4.78, 5) is 31.5. The number of pyridine rings is 1. The summed E-state index contributed by atoms with van der Waals surface area (Å²) in [6, 6.07) is 16.7. The van der Waals surface area contributed by atoms with E-state index >= 15 is 0 Å². The van der Waals surface area contributed by atoms with Gasteiger partial charge in [-0.3, -0.25) is 14.6 Å². The molecule has 0 radical (unpaired) electrons. The van der Waals surface area contributed by atoms with Gasteiger partial charge in [0.05, 0.1) is 30.2 Å². The van der Waals surface area contributed by atoms with Gasteiger partial charge in [-0.05, 0) is 36.4 Å². The van der Waals surface area contributed by atoms with Crippen molar-refractivity contribution >= 4 is 29.3 Å². The van der Waals surface area contributed by atoms with Crippen molar-refractivity contribution in [2.75, 3.05) is 10.7 Å². The van der Waals surface area contributed by atoms with Gasteiger partial charge in [0.15, 0.2) is 5.76 Å². The highest BCUT2D eigenvalue weighted by Crippen LogP contribution is 2.35. The third-order valence-electron chi connectivity index (χ3n) is 4.16. The number of aromatic nitrogens is 1. The van der Waals surface area contributed by atoms with Gasteiger partial charge in [-0.1, -0.05) is 18.2 Å². The van der Waals surface area contributed by atoms with Crippen molar-refractivity contribution in [1.29, 1.82) is 0 Å². The van der Waals surface area contributed by atoms with Crippen LogP contribution in [0.2, 0.25) is 0 Å². The summed E-state index contributed by atoms with van der Waals surface area (Å²) in [5.41, 5.74) is 1.64. The lowest BCUT2D eigenvalue weighted by Crippen LogP contribution is -2.34. The van der Waals surface area contributed by atoms with E-state index in [1.54, 1.807) is 23.2 Å². The van der Waals surface area contributed by atoms with E-state index in [0.717, 1.165) is 16.3 Å². The first-order valence-electron chi connectivity index (χ1n) is 8.50. The van der Waals surface area contributed by atoms with Gasteiger partial charge in [-0.2, -0.15) is 0 Å². The van der Waals surface area contributed by atoms with Gasteiger partial charge in [0.1, 0.15) is 5.76 Å². The molecule has 1 aliphatic rings. The predicted molar refractivity (Wildman–Crippen MR) is 102 cm³/mol. The standard InChI is InChI=1S/C20H17N3O3S/c24-19-13-27-18-7-2-1-6-16(18)23(19)12-15-8-9-17(26-15)20(25)22-11-14-5-3-4-10-21-14/h1-10H,11-13H2,(H,22,25). The first-order chi connectivity index (χ1) is 13.2. The number of nitrogens with one attached hydrogen (secondary N) is 1. The molecule has 2 aromatic heterocycles. The van der Waals surface area contributed by atoms with Gasteiger partial charge in [-0.25, -0.2) is 0 Å². The van der Waals surface area contributed by atoms with E-state index in [4.69, 9.17) is 4.42 Å². The number of carbonyl (C=O) groups excluding carboxylic acids is 2. The van der Waals surface area contributed by atoms with Gasteiger partial charge in [0, 0.05) is 11.1 Å². The van der Waals surface area contributed by atoms with Gasteiger partial charge in [0.25, 0.3) is 5.91 Å². The van der Waals surface area contributed by atoms with Crippen molar-refractivity contribution in [3.63, 3.8) is 0 Å². The Kier molecular flexibility index (Phi) is 4.93. The molecule has 7 heteroatoms. The molecule has 3 heterocycles. The quantitative estimate of drug-likeness (QED) is 0.737. The Hall–Kier alpha value is -3.06. The topological polar surface area (TPSA) is 75.4 Å². The molecule has 6 nitrogen and oxygen atoms in total. The Morgan fingerprint density at radius 3 is 2.85 bits per heavy atom. The number of nitrogens with zero attached hydrogens (tertiary/aromatic N) is 2. The van der Waals surface area contributed by atoms with Crippen molar-refractivity contribution in [2.24, 2.45) is 0 Å². The minimum absolute atomic E-state index is 0.0243. The minimum Gasteiger partial charge on any atom is -0.454 e. The molecule has 1 aliphatic heterocycles. The first kappa shape index (κ1) is 17.4. The Balaban J connectivity index is 1.44. The molecule has 2 amide bonds. The average molecular weight is 379 g/mol. The monoisotopic (exact) mass is 379 g/mol. The lowest BCUT2D eigenvalue weighted by Gasteiger charge is -2.28. The third-order valence-corrected chi connectivity index (χ3v) is 5.21. The van der Waals surface area contributed by atoms with Crippen LogP contribution in [0.1, 0.15) is 22.0 Å². The van der Waals surface area contributed by atoms with E-state index < -0.39 is 0 Å². The molecule has 0 saturated heterocycles. The van der Waals surface area contributed by atoms with Crippen molar-refractivity contribution in [2.45, 2.75) is 18.0 Å². The summed E-state index contributed by atoms with van der Waals surface area (Å²) >= 11 is 1.53. The highest BCUT2D eigenvalue weighted by molar-refractivity contribution is 8.00. The molecule has 0 aliphatic carbocycles. The van der Waals surface area contributed by atoms with Crippen LogP contribution in [0.3, 0.4) is 0 Å². The van der Waals surface area contributed by atoms with E-state index in [1.165, 1.54) is 11.8 Å². The van der Waals surface area contributed by atoms with Crippen molar-refractivity contribution < 1.29 is 14.0 Å². The Bertz CT molecular complexity index is 971. The molecule has 0 bridgehead atoms. The summed E-state index contributed by atoms with van der Waals surface area (Å²) in [6.45, 7) is 0.620. The Labute approximate surface area is 160 Å². The number of hydrogen-bond acceptors (Lipinski definition) is 5. The summed E-state index contributed by atoms with van der Waals surface area (Å²) < 4.78 is 5.67. The zero-order valence-corrected chi connectivity index (χ0v) is 15.2. The van der Waals surface area contributed by atoms with Gasteiger partial charge >= 0.3 is 0 Å². The highest BCUT2D eigenvalue weighted by Gasteiger charge is 2.25. The normalized spacial score (nSPS) is 13.3. The smallest absolute Gasteiger partial charge is 0.287 e. The summed E-state index contributed by atoms with van der Waals surface area (Å²) in [5, 5.41) is 2.78. The SMILES string of the molecule is O=C(NCc1ccccn1)c1ccc(CN2C(=O)CSc3ccccc32)o1. The number of hydrogen-bond donors (Lipinski definition) is 1. The molecule has 1 N–H and O–H groups in total. The van der Waals surface area contributed by atoms with E-state index in [2.05, 4.69) is 10.3 Å². The van der Waals surface area contributed by atoms with Crippen LogP contribution in [0, 0.1) is 0 Å². The van der Waals surface area contributed by atoms with E-state index in [1.807, 2.05) is 42.5 Å². The number of furan rings is 1. The van der Waals surface area contributed by atoms with Gasteiger partial charge < -0.3 is 14.6 Å². The van der Waals surface area contributed by atoms with Crippen LogP contribution in [0.15, 0.2) is 70.1 Å². The molecular formula is C20H17N3O3S. The molecule has 0 unspecified atom stereocenters. The van der Waals surface area contributed by atoms with Gasteiger partial charge in [0.2, 0.25) is 5.91 Å². The maximum Gasteiger partial charge on any atom is 0.287 e. The van der Waals surface area contributed by atoms with Crippen molar-refractivity contribution in [3.05, 3.63) is 78.0 Å². The van der Waals surface area contributed by atoms with Crippen LogP contribution in [0.25, 0.3) is 0 Å². The highest BCUT2D eigenvalue weighted by atomic mass is 32.2. The largest absolute Gasteiger partial charge is 0.454 e. The molecule has 0 saturated carbocycles. The third kappa shape index (κ3) is 3.88. The fraction of sp³-hybridized carbons (Fsp3) is 0.150. The van der Waals surface area contributed by atoms with Crippen LogP contribution < -0.4 is 10.2 Å². The second kappa shape index (κ2) is 7.67. The number of benzene rings is 1. The van der Waals surface area contributed by atoms with Crippen LogP contribution in [-0.4, -0.2) is 22.6 Å². The molecule has 0 spiro atoms. The van der Waals surface area contributed by atoms with E-state index in [9.17, 15) is 9.59 Å². The van der Waals surface area contributed by atoms with Crippen LogP contribution in [0.4, 0.5) is 5.69 Å². The Morgan fingerprint density at radius 1 is 1.15 bits per heavy atom. The van der Waals surface area contributed by atoms with E-state index in [-0.39, 0.29) is 17.6 Å². The number of fused-ring (bicyclic) bond motifs is 1. The summed E-state index contributed by atoms with van der Waals surface area (Å²) in [7, 11) is 0. The fourth-order valence-corrected chi connectivity index (χ4v) is 3.76. The lowest BCUT2D eigenvalue weighted by atomic mass is 10.2. The summed E-state index contributed by atoms with van der Waals surface area (Å²) in [5.74, 6) is 0.889. The number of thioether (sulfide) groups is 1. The molecule has 0 atom stereocenters. The fourth-order valence-electron chi connectivity index (χ4n) is 2.83. The number of anilines is 1.